The van der Waals surface area contributed by atoms with E-state index in [9.17, 15) is 0 Å². The summed E-state index contributed by atoms with van der Waals surface area (Å²) in [6, 6.07) is 12.9. The average Bonchev–Trinajstić information content (AvgIpc) is 3.35. The van der Waals surface area contributed by atoms with E-state index in [1.165, 1.54) is 0 Å². The summed E-state index contributed by atoms with van der Waals surface area (Å²) in [4.78, 5) is 6.67. The third-order valence-electron chi connectivity index (χ3n) is 5.63. The minimum atomic E-state index is -0.341. The van der Waals surface area contributed by atoms with Crippen LogP contribution in [0.3, 0.4) is 0 Å². The zero-order chi connectivity index (χ0) is 24.2. The molecule has 0 spiro atoms. The summed E-state index contributed by atoms with van der Waals surface area (Å²) < 4.78 is 22.0. The molecule has 0 saturated carbocycles. The Morgan fingerprint density at radius 1 is 1.12 bits per heavy atom. The lowest BCUT2D eigenvalue weighted by atomic mass is 9.94. The van der Waals surface area contributed by atoms with Gasteiger partial charge in [0.05, 0.1) is 32.9 Å². The minimum Gasteiger partial charge on any atom is -0.497 e. The predicted octanol–water partition coefficient (Wildman–Crippen LogP) is 4.61. The van der Waals surface area contributed by atoms with E-state index in [0.717, 1.165) is 22.4 Å². The van der Waals surface area contributed by atoms with Crippen molar-refractivity contribution in [1.29, 1.82) is 0 Å². The van der Waals surface area contributed by atoms with Crippen LogP contribution in [0.25, 0.3) is 17.0 Å². The van der Waals surface area contributed by atoms with E-state index >= 15 is 0 Å². The molecule has 2 aromatic carbocycles. The highest BCUT2D eigenvalue weighted by molar-refractivity contribution is 7.80. The maximum atomic E-state index is 5.77. The van der Waals surface area contributed by atoms with Crippen LogP contribution in [0.5, 0.6) is 17.2 Å². The minimum absolute atomic E-state index is 0.341. The van der Waals surface area contributed by atoms with Crippen molar-refractivity contribution in [2.24, 2.45) is 0 Å². The van der Waals surface area contributed by atoms with E-state index in [2.05, 4.69) is 17.1 Å². The summed E-state index contributed by atoms with van der Waals surface area (Å²) in [6.45, 7) is 6.37. The zero-order valence-corrected chi connectivity index (χ0v) is 20.3. The Hall–Kier alpha value is -3.85. The molecule has 0 bridgehead atoms. The molecule has 1 aliphatic heterocycles. The van der Waals surface area contributed by atoms with Crippen molar-refractivity contribution < 1.29 is 18.7 Å². The molecular formula is C25H26N4O4S. The first kappa shape index (κ1) is 23.3. The van der Waals surface area contributed by atoms with Crippen LogP contribution in [0.2, 0.25) is 0 Å². The Bertz CT molecular complexity index is 1250. The Balaban J connectivity index is 1.83. The van der Waals surface area contributed by atoms with Gasteiger partial charge in [-0.3, -0.25) is 0 Å². The maximum absolute atomic E-state index is 5.77. The van der Waals surface area contributed by atoms with Crippen molar-refractivity contribution in [3.05, 3.63) is 72.3 Å². The molecule has 0 saturated heterocycles. The standard InChI is InChI=1S/C25H26N4O4S/c1-6-12-29-15(2)21(24-27-23(28-33-24)17-8-7-9-18(13-17)30-3)22(26-25(29)34)16-10-11-19(31-4)20(14-16)32-5/h6-11,13-14,22H,1,12H2,2-5H3,(H,26,34). The Morgan fingerprint density at radius 2 is 1.91 bits per heavy atom. The van der Waals surface area contributed by atoms with E-state index in [0.29, 0.717) is 40.6 Å². The summed E-state index contributed by atoms with van der Waals surface area (Å²) in [6.07, 6.45) is 1.79. The largest absolute Gasteiger partial charge is 0.497 e. The molecule has 1 unspecified atom stereocenters. The molecule has 9 heteroatoms. The van der Waals surface area contributed by atoms with Crippen LogP contribution in [0, 0.1) is 0 Å². The van der Waals surface area contributed by atoms with Gasteiger partial charge in [-0.1, -0.05) is 29.4 Å². The molecule has 1 aromatic heterocycles. The summed E-state index contributed by atoms with van der Waals surface area (Å²) in [7, 11) is 4.83. The predicted molar refractivity (Wildman–Crippen MR) is 134 cm³/mol. The highest BCUT2D eigenvalue weighted by atomic mass is 32.1. The number of ether oxygens (including phenoxy) is 3. The quantitative estimate of drug-likeness (QED) is 0.369. The molecule has 2 heterocycles. The zero-order valence-electron chi connectivity index (χ0n) is 19.5. The first-order chi connectivity index (χ1) is 16.5. The number of rotatable bonds is 8. The summed E-state index contributed by atoms with van der Waals surface area (Å²) >= 11 is 5.67. The van der Waals surface area contributed by atoms with Crippen molar-refractivity contribution in [3.63, 3.8) is 0 Å². The average molecular weight is 479 g/mol. The van der Waals surface area contributed by atoms with Gasteiger partial charge >= 0.3 is 0 Å². The Morgan fingerprint density at radius 3 is 2.62 bits per heavy atom. The molecule has 4 rings (SSSR count). The number of aromatic nitrogens is 2. The molecule has 8 nitrogen and oxygen atoms in total. The van der Waals surface area contributed by atoms with E-state index in [1.54, 1.807) is 27.4 Å². The lowest BCUT2D eigenvalue weighted by Gasteiger charge is -2.37. The fourth-order valence-electron chi connectivity index (χ4n) is 3.90. The number of hydrogen-bond donors (Lipinski definition) is 1. The smallest absolute Gasteiger partial charge is 0.258 e. The molecule has 0 aliphatic carbocycles. The molecule has 0 radical (unpaired) electrons. The SMILES string of the molecule is C=CCN1C(=S)NC(c2ccc(OC)c(OC)c2)C(c2nc(-c3cccc(OC)c3)no2)=C1C. The Kier molecular flexibility index (Phi) is 6.83. The second kappa shape index (κ2) is 9.96. The van der Waals surface area contributed by atoms with Crippen molar-refractivity contribution in [1.82, 2.24) is 20.4 Å². The van der Waals surface area contributed by atoms with Gasteiger partial charge in [0, 0.05) is 17.8 Å². The summed E-state index contributed by atoms with van der Waals surface area (Å²) in [5.74, 6) is 2.81. The maximum Gasteiger partial charge on any atom is 0.258 e. The first-order valence-corrected chi connectivity index (χ1v) is 11.0. The fourth-order valence-corrected chi connectivity index (χ4v) is 4.23. The van der Waals surface area contributed by atoms with Crippen molar-refractivity contribution in [2.75, 3.05) is 27.9 Å². The molecule has 0 fully saturated rings. The van der Waals surface area contributed by atoms with E-state index in [4.69, 9.17) is 35.9 Å². The fraction of sp³-hybridized carbons (Fsp3) is 0.240. The summed E-state index contributed by atoms with van der Waals surface area (Å²) in [5, 5.41) is 8.22. The highest BCUT2D eigenvalue weighted by Gasteiger charge is 2.34. The number of methoxy groups -OCH3 is 3. The molecule has 3 aromatic rings. The van der Waals surface area contributed by atoms with Gasteiger partial charge in [-0.15, -0.1) is 6.58 Å². The van der Waals surface area contributed by atoms with Crippen LogP contribution in [0.4, 0.5) is 0 Å². The molecular weight excluding hydrogens is 452 g/mol. The number of nitrogens with zero attached hydrogens (tertiary/aromatic N) is 3. The monoisotopic (exact) mass is 478 g/mol. The van der Waals surface area contributed by atoms with Crippen molar-refractivity contribution >= 4 is 22.9 Å². The second-order valence-electron chi connectivity index (χ2n) is 7.55. The molecule has 1 aliphatic rings. The van der Waals surface area contributed by atoms with Crippen molar-refractivity contribution in [2.45, 2.75) is 13.0 Å². The van der Waals surface area contributed by atoms with Crippen LogP contribution in [-0.4, -0.2) is 48.0 Å². The second-order valence-corrected chi connectivity index (χ2v) is 7.94. The van der Waals surface area contributed by atoms with Gasteiger partial charge in [-0.2, -0.15) is 4.98 Å². The molecule has 34 heavy (non-hydrogen) atoms. The van der Waals surface area contributed by atoms with Crippen molar-refractivity contribution in [3.8, 4) is 28.6 Å². The van der Waals surface area contributed by atoms with Gasteiger partial charge in [0.2, 0.25) is 5.82 Å². The van der Waals surface area contributed by atoms with E-state index in [-0.39, 0.29) is 6.04 Å². The molecule has 0 amide bonds. The lowest BCUT2D eigenvalue weighted by Crippen LogP contribution is -2.45. The number of benzene rings is 2. The number of hydrogen-bond acceptors (Lipinski definition) is 7. The van der Waals surface area contributed by atoms with Crippen LogP contribution >= 0.6 is 12.2 Å². The van der Waals surface area contributed by atoms with Gasteiger partial charge in [-0.05, 0) is 49.0 Å². The van der Waals surface area contributed by atoms with Gasteiger partial charge in [0.1, 0.15) is 5.75 Å². The van der Waals surface area contributed by atoms with Crippen LogP contribution in [-0.2, 0) is 0 Å². The number of thiocarbonyl (C=S) groups is 1. The molecule has 1 N–H and O–H groups in total. The summed E-state index contributed by atoms with van der Waals surface area (Å²) in [5.41, 5.74) is 3.40. The highest BCUT2D eigenvalue weighted by Crippen LogP contribution is 2.40. The topological polar surface area (TPSA) is 81.9 Å². The van der Waals surface area contributed by atoms with Gasteiger partial charge in [0.25, 0.3) is 5.89 Å². The number of allylic oxidation sites excluding steroid dienone is 1. The van der Waals surface area contributed by atoms with Crippen LogP contribution in [0.1, 0.15) is 24.4 Å². The van der Waals surface area contributed by atoms with E-state index in [1.807, 2.05) is 54.3 Å². The third kappa shape index (κ3) is 4.34. The molecule has 176 valence electrons. The van der Waals surface area contributed by atoms with E-state index < -0.39 is 0 Å². The third-order valence-corrected chi connectivity index (χ3v) is 5.97. The van der Waals surface area contributed by atoms with Gasteiger partial charge in [0.15, 0.2) is 16.6 Å². The van der Waals surface area contributed by atoms with Gasteiger partial charge < -0.3 is 29.0 Å². The molecule has 1 atom stereocenters. The van der Waals surface area contributed by atoms with Crippen LogP contribution in [0.15, 0.2) is 65.3 Å². The first-order valence-electron chi connectivity index (χ1n) is 10.6. The van der Waals surface area contributed by atoms with Crippen LogP contribution < -0.4 is 19.5 Å². The lowest BCUT2D eigenvalue weighted by molar-refractivity contribution is 0.354. The Labute approximate surface area is 203 Å². The van der Waals surface area contributed by atoms with Gasteiger partial charge in [-0.25, -0.2) is 0 Å². The number of nitrogens with one attached hydrogen (secondary N) is 1. The normalized spacial score (nSPS) is 15.7.